The van der Waals surface area contributed by atoms with Crippen LogP contribution in [-0.4, -0.2) is 39.1 Å². The number of H-pyrrole nitrogens is 1. The molecule has 5 rings (SSSR count). The third kappa shape index (κ3) is 4.68. The van der Waals surface area contributed by atoms with Gasteiger partial charge in [0.1, 0.15) is 6.17 Å². The predicted molar refractivity (Wildman–Crippen MR) is 133 cm³/mol. The highest BCUT2D eigenvalue weighted by Crippen LogP contribution is 2.33. The van der Waals surface area contributed by atoms with Crippen molar-refractivity contribution in [1.29, 1.82) is 0 Å². The van der Waals surface area contributed by atoms with E-state index < -0.39 is 6.17 Å². The van der Waals surface area contributed by atoms with E-state index in [0.717, 1.165) is 16.5 Å². The van der Waals surface area contributed by atoms with Gasteiger partial charge in [-0.1, -0.05) is 29.8 Å². The molecule has 2 aromatic carbocycles. The lowest BCUT2D eigenvalue weighted by Crippen LogP contribution is -2.45. The first-order chi connectivity index (χ1) is 16.5. The maximum Gasteiger partial charge on any atom is 0.251 e. The molecule has 2 heterocycles. The number of halogens is 2. The van der Waals surface area contributed by atoms with E-state index in [-0.39, 0.29) is 24.4 Å². The Kier molecular flexibility index (Phi) is 6.06. The molecule has 9 heteroatoms. The number of rotatable bonds is 5. The Balaban J connectivity index is 1.31. The van der Waals surface area contributed by atoms with E-state index in [9.17, 15) is 9.18 Å². The van der Waals surface area contributed by atoms with Crippen LogP contribution in [-0.2, 0) is 0 Å². The lowest BCUT2D eigenvalue weighted by molar-refractivity contribution is 0.0909. The van der Waals surface area contributed by atoms with E-state index in [1.807, 2.05) is 30.5 Å². The van der Waals surface area contributed by atoms with Gasteiger partial charge in [-0.15, -0.1) is 0 Å². The van der Waals surface area contributed by atoms with Crippen LogP contribution in [0.5, 0.6) is 0 Å². The molecule has 0 aliphatic heterocycles. The molecule has 174 valence electrons. The molecule has 3 atom stereocenters. The standard InChI is InChI=1S/C25H24ClFN6O/c26-21-13-30-25(33-23(21)20-12-29-22-4-2-1-3-19(20)22)32-18-10-15(27)9-17(11-18)31-24(34)14-5-7-16(28)8-6-14/h1-8,12-13,15,17-18,29H,9-11,28H2,(H,31,34)(H,30,32,33)/t15-,17+,18?/m0/s1. The summed E-state index contributed by atoms with van der Waals surface area (Å²) in [6.45, 7) is 0. The molecule has 2 aromatic heterocycles. The lowest BCUT2D eigenvalue weighted by atomic mass is 9.89. The van der Waals surface area contributed by atoms with Crippen LogP contribution in [0.3, 0.4) is 0 Å². The SMILES string of the molecule is Nc1ccc(C(=O)N[C@H]2CC(Nc3ncc(Cl)c(-c4c[nH]c5ccccc45)n3)C[C@@H](F)C2)cc1. The predicted octanol–water partition coefficient (Wildman–Crippen LogP) is 4.96. The summed E-state index contributed by atoms with van der Waals surface area (Å²) < 4.78 is 14.6. The van der Waals surface area contributed by atoms with Crippen molar-refractivity contribution >= 4 is 40.0 Å². The Morgan fingerprint density at radius 2 is 1.85 bits per heavy atom. The molecule has 1 fully saturated rings. The van der Waals surface area contributed by atoms with Crippen LogP contribution in [0.4, 0.5) is 16.0 Å². The third-order valence-electron chi connectivity index (χ3n) is 6.08. The lowest BCUT2D eigenvalue weighted by Gasteiger charge is -2.32. The number of anilines is 2. The summed E-state index contributed by atoms with van der Waals surface area (Å²) in [6, 6.07) is 14.0. The molecule has 5 N–H and O–H groups in total. The number of nitrogens with zero attached hydrogens (tertiary/aromatic N) is 2. The summed E-state index contributed by atoms with van der Waals surface area (Å²) in [4.78, 5) is 24.7. The molecular weight excluding hydrogens is 455 g/mol. The first-order valence-corrected chi connectivity index (χ1v) is 11.5. The smallest absolute Gasteiger partial charge is 0.251 e. The molecule has 7 nitrogen and oxygen atoms in total. The molecule has 1 saturated carbocycles. The molecule has 1 aliphatic carbocycles. The first-order valence-electron chi connectivity index (χ1n) is 11.1. The number of nitrogens with two attached hydrogens (primary N) is 1. The minimum absolute atomic E-state index is 0.238. The van der Waals surface area contributed by atoms with Crippen molar-refractivity contribution in [1.82, 2.24) is 20.3 Å². The van der Waals surface area contributed by atoms with E-state index in [1.54, 1.807) is 30.5 Å². The molecule has 0 radical (unpaired) electrons. The van der Waals surface area contributed by atoms with Gasteiger partial charge in [0.15, 0.2) is 0 Å². The van der Waals surface area contributed by atoms with Crippen molar-refractivity contribution in [2.75, 3.05) is 11.1 Å². The highest BCUT2D eigenvalue weighted by Gasteiger charge is 2.30. The molecular formula is C25H24ClFN6O. The van der Waals surface area contributed by atoms with Crippen LogP contribution in [0.1, 0.15) is 29.6 Å². The fourth-order valence-corrected chi connectivity index (χ4v) is 4.66. The number of benzene rings is 2. The Hall–Kier alpha value is -3.65. The number of alkyl halides is 1. The minimum atomic E-state index is -1.05. The van der Waals surface area contributed by atoms with Crippen molar-refractivity contribution in [2.45, 2.75) is 37.5 Å². The van der Waals surface area contributed by atoms with E-state index in [4.69, 9.17) is 17.3 Å². The van der Waals surface area contributed by atoms with Gasteiger partial charge in [-0.25, -0.2) is 14.4 Å². The number of amides is 1. The number of aromatic amines is 1. The zero-order valence-electron chi connectivity index (χ0n) is 18.3. The molecule has 0 saturated heterocycles. The number of hydrogen-bond donors (Lipinski definition) is 4. The normalized spacial score (nSPS) is 20.2. The number of para-hydroxylation sites is 1. The summed E-state index contributed by atoms with van der Waals surface area (Å²) in [5, 5.41) is 7.61. The highest BCUT2D eigenvalue weighted by atomic mass is 35.5. The van der Waals surface area contributed by atoms with Crippen LogP contribution in [0.25, 0.3) is 22.2 Å². The number of carbonyl (C=O) groups excluding carboxylic acids is 1. The molecule has 4 aromatic rings. The summed E-state index contributed by atoms with van der Waals surface area (Å²) in [5.74, 6) is 0.120. The summed E-state index contributed by atoms with van der Waals surface area (Å²) in [7, 11) is 0. The van der Waals surface area contributed by atoms with E-state index >= 15 is 0 Å². The maximum atomic E-state index is 14.6. The number of fused-ring (bicyclic) bond motifs is 1. The summed E-state index contributed by atoms with van der Waals surface area (Å²) in [6.07, 6.45) is 3.48. The highest BCUT2D eigenvalue weighted by molar-refractivity contribution is 6.33. The Bertz CT molecular complexity index is 1320. The van der Waals surface area contributed by atoms with E-state index in [2.05, 4.69) is 25.6 Å². The largest absolute Gasteiger partial charge is 0.399 e. The monoisotopic (exact) mass is 478 g/mol. The Morgan fingerprint density at radius 3 is 2.68 bits per heavy atom. The maximum absolute atomic E-state index is 14.6. The Morgan fingerprint density at radius 1 is 1.09 bits per heavy atom. The fourth-order valence-electron chi connectivity index (χ4n) is 4.46. The molecule has 34 heavy (non-hydrogen) atoms. The van der Waals surface area contributed by atoms with Gasteiger partial charge in [-0.3, -0.25) is 4.79 Å². The van der Waals surface area contributed by atoms with Gasteiger partial charge in [-0.05, 0) is 49.6 Å². The van der Waals surface area contributed by atoms with E-state index in [0.29, 0.717) is 40.8 Å². The van der Waals surface area contributed by atoms with Gasteiger partial charge in [0.2, 0.25) is 5.95 Å². The molecule has 0 spiro atoms. The number of hydrogen-bond acceptors (Lipinski definition) is 5. The number of nitrogens with one attached hydrogen (secondary N) is 3. The number of carbonyl (C=O) groups is 1. The van der Waals surface area contributed by atoms with Gasteiger partial charge >= 0.3 is 0 Å². The Labute approximate surface area is 200 Å². The van der Waals surface area contributed by atoms with Gasteiger partial charge in [0.25, 0.3) is 5.91 Å². The number of nitrogen functional groups attached to an aromatic ring is 1. The fraction of sp³-hybridized carbons (Fsp3) is 0.240. The summed E-state index contributed by atoms with van der Waals surface area (Å²) >= 11 is 6.42. The number of aromatic nitrogens is 3. The molecule has 1 aliphatic rings. The van der Waals surface area contributed by atoms with Crippen LogP contribution in [0.2, 0.25) is 5.02 Å². The third-order valence-corrected chi connectivity index (χ3v) is 6.36. The molecule has 1 unspecified atom stereocenters. The van der Waals surface area contributed by atoms with Gasteiger partial charge in [0.05, 0.1) is 16.9 Å². The average Bonchev–Trinajstić information content (AvgIpc) is 3.24. The zero-order valence-corrected chi connectivity index (χ0v) is 19.0. The molecule has 0 bridgehead atoms. The minimum Gasteiger partial charge on any atom is -0.399 e. The van der Waals surface area contributed by atoms with Gasteiger partial charge in [0, 0.05) is 46.0 Å². The summed E-state index contributed by atoms with van der Waals surface area (Å²) in [5.41, 5.74) is 9.20. The first kappa shape index (κ1) is 22.2. The second-order valence-corrected chi connectivity index (χ2v) is 8.98. The zero-order chi connectivity index (χ0) is 23.7. The van der Waals surface area contributed by atoms with Gasteiger partial charge in [-0.2, -0.15) is 0 Å². The van der Waals surface area contributed by atoms with Crippen molar-refractivity contribution in [3.05, 3.63) is 71.5 Å². The van der Waals surface area contributed by atoms with E-state index in [1.165, 1.54) is 0 Å². The van der Waals surface area contributed by atoms with Crippen LogP contribution >= 0.6 is 11.6 Å². The van der Waals surface area contributed by atoms with Crippen LogP contribution < -0.4 is 16.4 Å². The van der Waals surface area contributed by atoms with Crippen molar-refractivity contribution in [3.8, 4) is 11.3 Å². The van der Waals surface area contributed by atoms with Crippen molar-refractivity contribution < 1.29 is 9.18 Å². The quantitative estimate of drug-likeness (QED) is 0.303. The second-order valence-electron chi connectivity index (χ2n) is 8.58. The van der Waals surface area contributed by atoms with Crippen LogP contribution in [0, 0.1) is 0 Å². The van der Waals surface area contributed by atoms with Crippen molar-refractivity contribution in [2.24, 2.45) is 0 Å². The average molecular weight is 479 g/mol. The van der Waals surface area contributed by atoms with Gasteiger partial charge < -0.3 is 21.4 Å². The molecule has 1 amide bonds. The van der Waals surface area contributed by atoms with Crippen molar-refractivity contribution in [3.63, 3.8) is 0 Å². The van der Waals surface area contributed by atoms with Crippen LogP contribution in [0.15, 0.2) is 60.9 Å². The second kappa shape index (κ2) is 9.30. The topological polar surface area (TPSA) is 109 Å².